The van der Waals surface area contributed by atoms with Crippen LogP contribution >= 0.6 is 12.2 Å². The Hall–Kier alpha value is -2.07. The largest absolute Gasteiger partial charge is 0.494 e. The number of thiocarbonyl (C=S) groups is 1. The maximum absolute atomic E-state index is 5.78. The molecule has 0 aliphatic carbocycles. The van der Waals surface area contributed by atoms with Gasteiger partial charge in [0.15, 0.2) is 5.11 Å². The van der Waals surface area contributed by atoms with E-state index in [2.05, 4.69) is 35.6 Å². The van der Waals surface area contributed by atoms with Gasteiger partial charge in [-0.2, -0.15) is 0 Å². The Labute approximate surface area is 150 Å². The molecule has 128 valence electrons. The average Bonchev–Trinajstić information content (AvgIpc) is 2.58. The number of hydrogen-bond donors (Lipinski definition) is 2. The number of nitrogens with one attached hydrogen (secondary N) is 1. The van der Waals surface area contributed by atoms with E-state index >= 15 is 0 Å². The number of nitrogens with two attached hydrogens (primary N) is 1. The van der Waals surface area contributed by atoms with Crippen LogP contribution in [0.2, 0.25) is 0 Å². The van der Waals surface area contributed by atoms with Crippen molar-refractivity contribution in [3.05, 3.63) is 60.2 Å². The Morgan fingerprint density at radius 3 is 2.46 bits per heavy atom. The first-order chi connectivity index (χ1) is 11.7. The van der Waals surface area contributed by atoms with Crippen LogP contribution in [0.3, 0.4) is 0 Å². The van der Waals surface area contributed by atoms with Crippen LogP contribution < -0.4 is 15.8 Å². The third kappa shape index (κ3) is 7.47. The second-order valence-electron chi connectivity index (χ2n) is 5.87. The molecule has 0 aliphatic heterocycles. The highest BCUT2D eigenvalue weighted by Crippen LogP contribution is 2.17. The predicted octanol–water partition coefficient (Wildman–Crippen LogP) is 4.91. The third-order valence-electron chi connectivity index (χ3n) is 3.82. The minimum absolute atomic E-state index is 0.266. The van der Waals surface area contributed by atoms with Gasteiger partial charge in [-0.15, -0.1) is 0 Å². The summed E-state index contributed by atoms with van der Waals surface area (Å²) in [4.78, 5) is 0. The summed E-state index contributed by atoms with van der Waals surface area (Å²) in [5.74, 6) is 0.848. The van der Waals surface area contributed by atoms with Gasteiger partial charge in [-0.05, 0) is 49.2 Å². The lowest BCUT2D eigenvalue weighted by Gasteiger charge is -2.09. The highest BCUT2D eigenvalue weighted by Gasteiger charge is 1.98. The molecule has 3 N–H and O–H groups in total. The van der Waals surface area contributed by atoms with E-state index in [1.807, 2.05) is 24.3 Å². The third-order valence-corrected chi connectivity index (χ3v) is 3.92. The van der Waals surface area contributed by atoms with Crippen molar-refractivity contribution in [1.82, 2.24) is 0 Å². The minimum Gasteiger partial charge on any atom is -0.494 e. The number of hydrogen-bond acceptors (Lipinski definition) is 2. The molecule has 2 aromatic rings. The van der Waals surface area contributed by atoms with Crippen LogP contribution in [-0.2, 0) is 6.42 Å². The van der Waals surface area contributed by atoms with Gasteiger partial charge < -0.3 is 15.8 Å². The lowest BCUT2D eigenvalue weighted by atomic mass is 10.1. The van der Waals surface area contributed by atoms with Gasteiger partial charge in [-0.25, -0.2) is 0 Å². The normalized spacial score (nSPS) is 10.3. The van der Waals surface area contributed by atoms with E-state index in [-0.39, 0.29) is 5.11 Å². The fraction of sp³-hybridized carbons (Fsp3) is 0.350. The standard InChI is InChI=1S/C20H26N2OS/c21-20(24)22-18-13-9-14-19(16-18)23-15-8-3-1-2-5-10-17-11-6-4-7-12-17/h4,6-7,9,11-14,16H,1-3,5,8,10,15H2,(H3,21,22,24). The van der Waals surface area contributed by atoms with Gasteiger partial charge in [0.25, 0.3) is 0 Å². The lowest BCUT2D eigenvalue weighted by molar-refractivity contribution is 0.304. The Balaban J connectivity index is 1.53. The minimum atomic E-state index is 0.266. The number of rotatable bonds is 10. The Morgan fingerprint density at radius 1 is 0.917 bits per heavy atom. The highest BCUT2D eigenvalue weighted by atomic mass is 32.1. The molecule has 0 spiro atoms. The molecule has 0 fully saturated rings. The highest BCUT2D eigenvalue weighted by molar-refractivity contribution is 7.80. The molecule has 4 heteroatoms. The van der Waals surface area contributed by atoms with Crippen LogP contribution in [0.25, 0.3) is 0 Å². The van der Waals surface area contributed by atoms with E-state index in [0.29, 0.717) is 0 Å². The second kappa shape index (κ2) is 10.7. The van der Waals surface area contributed by atoms with Crippen molar-refractivity contribution in [2.75, 3.05) is 11.9 Å². The van der Waals surface area contributed by atoms with E-state index in [4.69, 9.17) is 22.7 Å². The maximum atomic E-state index is 5.78. The van der Waals surface area contributed by atoms with Crippen molar-refractivity contribution in [3.8, 4) is 5.75 Å². The Kier molecular flexibility index (Phi) is 8.11. The molecule has 2 rings (SSSR count). The zero-order valence-corrected chi connectivity index (χ0v) is 14.9. The molecule has 0 radical (unpaired) electrons. The van der Waals surface area contributed by atoms with Gasteiger partial charge >= 0.3 is 0 Å². The van der Waals surface area contributed by atoms with Crippen molar-refractivity contribution in [2.24, 2.45) is 5.73 Å². The topological polar surface area (TPSA) is 47.3 Å². The fourth-order valence-electron chi connectivity index (χ4n) is 2.60. The first-order valence-corrected chi connectivity index (χ1v) is 8.98. The van der Waals surface area contributed by atoms with Crippen LogP contribution in [0, 0.1) is 0 Å². The van der Waals surface area contributed by atoms with Crippen LogP contribution in [0.5, 0.6) is 5.75 Å². The molecule has 0 aromatic heterocycles. The number of unbranched alkanes of at least 4 members (excludes halogenated alkanes) is 4. The van der Waals surface area contributed by atoms with Crippen molar-refractivity contribution >= 4 is 23.0 Å². The van der Waals surface area contributed by atoms with Gasteiger partial charge in [0.05, 0.1) is 6.61 Å². The molecule has 24 heavy (non-hydrogen) atoms. The number of aryl methyl sites for hydroxylation is 1. The first kappa shape index (κ1) is 18.3. The van der Waals surface area contributed by atoms with Gasteiger partial charge in [-0.3, -0.25) is 0 Å². The average molecular weight is 343 g/mol. The molecular formula is C20H26N2OS. The lowest BCUT2D eigenvalue weighted by Crippen LogP contribution is -2.18. The second-order valence-corrected chi connectivity index (χ2v) is 6.31. The van der Waals surface area contributed by atoms with Crippen LogP contribution in [0.1, 0.15) is 37.7 Å². The Bertz CT molecular complexity index is 616. The number of benzene rings is 2. The molecule has 0 aliphatic rings. The van der Waals surface area contributed by atoms with Crippen molar-refractivity contribution in [2.45, 2.75) is 38.5 Å². The van der Waals surface area contributed by atoms with E-state index in [1.54, 1.807) is 0 Å². The molecular weight excluding hydrogens is 316 g/mol. The predicted molar refractivity (Wildman–Crippen MR) is 106 cm³/mol. The zero-order chi connectivity index (χ0) is 17.0. The summed E-state index contributed by atoms with van der Waals surface area (Å²) in [6, 6.07) is 18.4. The van der Waals surface area contributed by atoms with Crippen LogP contribution in [0.4, 0.5) is 5.69 Å². The fourth-order valence-corrected chi connectivity index (χ4v) is 2.72. The van der Waals surface area contributed by atoms with Crippen LogP contribution in [0.15, 0.2) is 54.6 Å². The molecule has 0 saturated heterocycles. The van der Waals surface area contributed by atoms with Gasteiger partial charge in [-0.1, -0.05) is 55.7 Å². The van der Waals surface area contributed by atoms with Crippen LogP contribution in [-0.4, -0.2) is 11.7 Å². The summed E-state index contributed by atoms with van der Waals surface area (Å²) in [7, 11) is 0. The quantitative estimate of drug-likeness (QED) is 0.475. The SMILES string of the molecule is NC(=S)Nc1cccc(OCCCCCCCc2ccccc2)c1. The molecule has 0 amide bonds. The van der Waals surface area contributed by atoms with E-state index < -0.39 is 0 Å². The number of ether oxygens (including phenoxy) is 1. The number of anilines is 1. The molecule has 0 heterocycles. The molecule has 0 unspecified atom stereocenters. The summed E-state index contributed by atoms with van der Waals surface area (Å²) in [5.41, 5.74) is 7.77. The van der Waals surface area contributed by atoms with Crippen molar-refractivity contribution in [1.29, 1.82) is 0 Å². The van der Waals surface area contributed by atoms with Gasteiger partial charge in [0.2, 0.25) is 0 Å². The smallest absolute Gasteiger partial charge is 0.168 e. The summed E-state index contributed by atoms with van der Waals surface area (Å²) >= 11 is 4.83. The molecule has 0 atom stereocenters. The van der Waals surface area contributed by atoms with E-state index in [9.17, 15) is 0 Å². The van der Waals surface area contributed by atoms with Gasteiger partial charge in [0, 0.05) is 11.8 Å². The molecule has 0 bridgehead atoms. The van der Waals surface area contributed by atoms with E-state index in [1.165, 1.54) is 37.7 Å². The van der Waals surface area contributed by atoms with Gasteiger partial charge in [0.1, 0.15) is 5.75 Å². The maximum Gasteiger partial charge on any atom is 0.168 e. The van der Waals surface area contributed by atoms with Crippen molar-refractivity contribution < 1.29 is 4.74 Å². The summed E-state index contributed by atoms with van der Waals surface area (Å²) < 4.78 is 5.78. The summed E-state index contributed by atoms with van der Waals surface area (Å²) in [6.45, 7) is 0.745. The summed E-state index contributed by atoms with van der Waals surface area (Å²) in [5, 5.41) is 3.18. The van der Waals surface area contributed by atoms with E-state index in [0.717, 1.165) is 24.5 Å². The molecule has 2 aromatic carbocycles. The molecule has 0 saturated carbocycles. The summed E-state index contributed by atoms with van der Waals surface area (Å²) in [6.07, 6.45) is 7.27. The first-order valence-electron chi connectivity index (χ1n) is 8.57. The monoisotopic (exact) mass is 342 g/mol. The van der Waals surface area contributed by atoms with Crippen molar-refractivity contribution in [3.63, 3.8) is 0 Å². The molecule has 3 nitrogen and oxygen atoms in total. The Morgan fingerprint density at radius 2 is 1.67 bits per heavy atom. The zero-order valence-electron chi connectivity index (χ0n) is 14.0.